The highest BCUT2D eigenvalue weighted by Gasteiger charge is 2.17. The molecule has 0 aromatic carbocycles. The highest BCUT2D eigenvalue weighted by molar-refractivity contribution is 7.99. The molecule has 0 aromatic heterocycles. The first-order valence-corrected chi connectivity index (χ1v) is 7.68. The number of nitrogens with zero attached hydrogens (tertiary/aromatic N) is 1. The van der Waals surface area contributed by atoms with Crippen LogP contribution in [0.3, 0.4) is 0 Å². The van der Waals surface area contributed by atoms with Crippen LogP contribution >= 0.6 is 11.8 Å². The summed E-state index contributed by atoms with van der Waals surface area (Å²) in [5.74, 6) is 2.64. The van der Waals surface area contributed by atoms with E-state index in [1.54, 1.807) is 0 Å². The van der Waals surface area contributed by atoms with Crippen molar-refractivity contribution in [2.24, 2.45) is 11.1 Å². The first kappa shape index (κ1) is 14.3. The Labute approximate surface area is 105 Å². The molecule has 1 aliphatic heterocycles. The van der Waals surface area contributed by atoms with Gasteiger partial charge in [-0.05, 0) is 43.5 Å². The fraction of sp³-hybridized carbons (Fsp3) is 1.00. The largest absolute Gasteiger partial charge is 0.328 e. The van der Waals surface area contributed by atoms with Crippen LogP contribution in [0, 0.1) is 5.41 Å². The van der Waals surface area contributed by atoms with E-state index in [2.05, 4.69) is 37.4 Å². The van der Waals surface area contributed by atoms with Crippen molar-refractivity contribution in [2.75, 3.05) is 31.1 Å². The molecule has 3 heteroatoms. The summed E-state index contributed by atoms with van der Waals surface area (Å²) in [4.78, 5) is 2.59. The Morgan fingerprint density at radius 2 is 2.00 bits per heavy atom. The number of rotatable bonds is 4. The van der Waals surface area contributed by atoms with Gasteiger partial charge in [0.2, 0.25) is 0 Å². The molecule has 16 heavy (non-hydrogen) atoms. The van der Waals surface area contributed by atoms with Crippen molar-refractivity contribution in [3.63, 3.8) is 0 Å². The quantitative estimate of drug-likeness (QED) is 0.824. The first-order valence-electron chi connectivity index (χ1n) is 6.53. The lowest BCUT2D eigenvalue weighted by atomic mass is 9.87. The van der Waals surface area contributed by atoms with Gasteiger partial charge in [0.15, 0.2) is 0 Å². The summed E-state index contributed by atoms with van der Waals surface area (Å²) in [6.07, 6.45) is 3.64. The molecule has 1 fully saturated rings. The van der Waals surface area contributed by atoms with Crippen LogP contribution in [-0.4, -0.2) is 42.1 Å². The van der Waals surface area contributed by atoms with Gasteiger partial charge in [0.25, 0.3) is 0 Å². The van der Waals surface area contributed by atoms with Gasteiger partial charge in [-0.3, -0.25) is 0 Å². The van der Waals surface area contributed by atoms with E-state index in [0.29, 0.717) is 11.5 Å². The van der Waals surface area contributed by atoms with Crippen LogP contribution in [0.1, 0.15) is 40.0 Å². The highest BCUT2D eigenvalue weighted by atomic mass is 32.2. The van der Waals surface area contributed by atoms with E-state index in [1.807, 2.05) is 0 Å². The number of hydrogen-bond donors (Lipinski definition) is 1. The number of thioether (sulfide) groups is 1. The zero-order valence-electron chi connectivity index (χ0n) is 11.2. The van der Waals surface area contributed by atoms with E-state index in [1.165, 1.54) is 37.6 Å². The third-order valence-electron chi connectivity index (χ3n) is 3.01. The molecule has 1 saturated heterocycles. The molecule has 2 nitrogen and oxygen atoms in total. The fourth-order valence-electron chi connectivity index (χ4n) is 2.26. The average Bonchev–Trinajstić information content (AvgIpc) is 2.39. The van der Waals surface area contributed by atoms with Gasteiger partial charge >= 0.3 is 0 Å². The van der Waals surface area contributed by atoms with Crippen molar-refractivity contribution in [1.29, 1.82) is 0 Å². The van der Waals surface area contributed by atoms with Crippen LogP contribution in [0.2, 0.25) is 0 Å². The topological polar surface area (TPSA) is 29.3 Å². The lowest BCUT2D eigenvalue weighted by Crippen LogP contribution is -2.34. The molecule has 1 heterocycles. The van der Waals surface area contributed by atoms with E-state index in [4.69, 9.17) is 5.73 Å². The van der Waals surface area contributed by atoms with E-state index in [-0.39, 0.29) is 0 Å². The summed E-state index contributed by atoms with van der Waals surface area (Å²) in [5, 5.41) is 0. The second-order valence-corrected chi connectivity index (χ2v) is 7.35. The normalized spacial score (nSPS) is 21.8. The summed E-state index contributed by atoms with van der Waals surface area (Å²) >= 11 is 2.09. The van der Waals surface area contributed by atoms with Gasteiger partial charge in [0, 0.05) is 18.3 Å². The van der Waals surface area contributed by atoms with Crippen LogP contribution in [-0.2, 0) is 0 Å². The molecule has 0 aromatic rings. The minimum absolute atomic E-state index is 0.369. The molecule has 0 spiro atoms. The monoisotopic (exact) mass is 244 g/mol. The number of nitrogens with two attached hydrogens (primary N) is 1. The maximum absolute atomic E-state index is 6.18. The Kier molecular flexibility index (Phi) is 6.16. The lowest BCUT2D eigenvalue weighted by Gasteiger charge is -2.26. The molecule has 1 aliphatic rings. The van der Waals surface area contributed by atoms with E-state index in [9.17, 15) is 0 Å². The molecule has 96 valence electrons. The third-order valence-corrected chi connectivity index (χ3v) is 4.05. The van der Waals surface area contributed by atoms with Crippen LogP contribution in [0.4, 0.5) is 0 Å². The zero-order valence-corrected chi connectivity index (χ0v) is 12.0. The molecule has 1 atom stereocenters. The smallest absolute Gasteiger partial charge is 0.00724 e. The molecule has 0 bridgehead atoms. The predicted octanol–water partition coefficient (Wildman–Crippen LogP) is 2.58. The van der Waals surface area contributed by atoms with Gasteiger partial charge in [-0.15, -0.1) is 0 Å². The molecule has 0 saturated carbocycles. The van der Waals surface area contributed by atoms with Crippen molar-refractivity contribution in [1.82, 2.24) is 4.90 Å². The van der Waals surface area contributed by atoms with Crippen LogP contribution < -0.4 is 5.73 Å². The molecule has 0 radical (unpaired) electrons. The second-order valence-electron chi connectivity index (χ2n) is 6.12. The lowest BCUT2D eigenvalue weighted by molar-refractivity contribution is 0.261. The molecule has 0 aliphatic carbocycles. The molecular weight excluding hydrogens is 216 g/mol. The van der Waals surface area contributed by atoms with Gasteiger partial charge < -0.3 is 10.6 Å². The predicted molar refractivity (Wildman–Crippen MR) is 75.0 cm³/mol. The van der Waals surface area contributed by atoms with Gasteiger partial charge in [0.05, 0.1) is 0 Å². The standard InChI is InChI=1S/C13H28N2S/c1-13(2,3)11-12(14)5-7-15-6-4-9-16-10-8-15/h12H,4-11,14H2,1-3H3. The molecule has 0 amide bonds. The Morgan fingerprint density at radius 1 is 1.25 bits per heavy atom. The molecule has 2 N–H and O–H groups in total. The molecule has 1 rings (SSSR count). The minimum Gasteiger partial charge on any atom is -0.328 e. The van der Waals surface area contributed by atoms with Crippen LogP contribution in [0.25, 0.3) is 0 Å². The van der Waals surface area contributed by atoms with Crippen LogP contribution in [0.5, 0.6) is 0 Å². The fourth-order valence-corrected chi connectivity index (χ4v) is 3.18. The molecular formula is C13H28N2S. The van der Waals surface area contributed by atoms with Gasteiger partial charge in [-0.2, -0.15) is 11.8 Å². The van der Waals surface area contributed by atoms with Gasteiger partial charge in [-0.25, -0.2) is 0 Å². The Morgan fingerprint density at radius 3 is 2.69 bits per heavy atom. The summed E-state index contributed by atoms with van der Waals surface area (Å²) in [7, 11) is 0. The van der Waals surface area contributed by atoms with Crippen molar-refractivity contribution >= 4 is 11.8 Å². The van der Waals surface area contributed by atoms with Crippen molar-refractivity contribution in [2.45, 2.75) is 46.1 Å². The summed E-state index contributed by atoms with van der Waals surface area (Å²) in [5.41, 5.74) is 6.55. The third kappa shape index (κ3) is 6.77. The summed E-state index contributed by atoms with van der Waals surface area (Å²) in [6, 6.07) is 0.371. The zero-order chi connectivity index (χ0) is 12.0. The Balaban J connectivity index is 2.17. The first-order chi connectivity index (χ1) is 7.47. The van der Waals surface area contributed by atoms with Crippen molar-refractivity contribution < 1.29 is 0 Å². The van der Waals surface area contributed by atoms with Crippen molar-refractivity contribution in [3.05, 3.63) is 0 Å². The number of hydrogen-bond acceptors (Lipinski definition) is 3. The van der Waals surface area contributed by atoms with Gasteiger partial charge in [0.1, 0.15) is 0 Å². The van der Waals surface area contributed by atoms with E-state index < -0.39 is 0 Å². The minimum atomic E-state index is 0.369. The van der Waals surface area contributed by atoms with Crippen molar-refractivity contribution in [3.8, 4) is 0 Å². The maximum Gasteiger partial charge on any atom is 0.00724 e. The van der Waals surface area contributed by atoms with E-state index >= 15 is 0 Å². The van der Waals surface area contributed by atoms with Gasteiger partial charge in [-0.1, -0.05) is 20.8 Å². The second kappa shape index (κ2) is 6.87. The summed E-state index contributed by atoms with van der Waals surface area (Å²) in [6.45, 7) is 10.5. The Bertz CT molecular complexity index is 181. The average molecular weight is 244 g/mol. The maximum atomic E-state index is 6.18. The highest BCUT2D eigenvalue weighted by Crippen LogP contribution is 2.21. The molecule has 1 unspecified atom stereocenters. The van der Waals surface area contributed by atoms with Crippen LogP contribution in [0.15, 0.2) is 0 Å². The van der Waals surface area contributed by atoms with E-state index in [0.717, 1.165) is 12.8 Å². The Hall–Kier alpha value is 0.270. The summed E-state index contributed by atoms with van der Waals surface area (Å²) < 4.78 is 0. The SMILES string of the molecule is CC(C)(C)CC(N)CCN1CCCSCC1.